The van der Waals surface area contributed by atoms with Crippen LogP contribution in [-0.4, -0.2) is 38.3 Å². The molecule has 2 aromatic heterocycles. The maximum Gasteiger partial charge on any atom is 0.322 e. The van der Waals surface area contributed by atoms with Crippen molar-refractivity contribution in [1.29, 1.82) is 0 Å². The van der Waals surface area contributed by atoms with E-state index < -0.39 is 16.5 Å². The van der Waals surface area contributed by atoms with E-state index in [9.17, 15) is 19.2 Å². The van der Waals surface area contributed by atoms with Gasteiger partial charge in [-0.05, 0) is 56.7 Å². The maximum absolute atomic E-state index is 13.1. The van der Waals surface area contributed by atoms with Crippen molar-refractivity contribution in [3.63, 3.8) is 0 Å². The third kappa shape index (κ3) is 4.34. The Morgan fingerprint density at radius 3 is 2.41 bits per heavy atom. The Bertz CT molecular complexity index is 1590. The predicted octanol–water partition coefficient (Wildman–Crippen LogP) is 3.50. The quantitative estimate of drug-likeness (QED) is 0.388. The lowest BCUT2D eigenvalue weighted by atomic mass is 10.1. The van der Waals surface area contributed by atoms with E-state index in [4.69, 9.17) is 11.6 Å². The number of nitrogens with one attached hydrogen (secondary N) is 3. The van der Waals surface area contributed by atoms with Crippen molar-refractivity contribution in [2.24, 2.45) is 0 Å². The van der Waals surface area contributed by atoms with Crippen molar-refractivity contribution in [3.8, 4) is 0 Å². The summed E-state index contributed by atoms with van der Waals surface area (Å²) in [5.74, 6) is 0. The first-order valence-corrected chi connectivity index (χ1v) is 11.0. The van der Waals surface area contributed by atoms with Crippen LogP contribution in [0.2, 0.25) is 5.02 Å². The van der Waals surface area contributed by atoms with Crippen LogP contribution < -0.4 is 21.9 Å². The molecular formula is C24H24ClN5O4. The second-order valence-corrected chi connectivity index (χ2v) is 9.52. The summed E-state index contributed by atoms with van der Waals surface area (Å²) >= 11 is 5.98. The number of hydrogen-bond acceptors (Lipinski definition) is 4. The normalized spacial score (nSPS) is 11.7. The van der Waals surface area contributed by atoms with Crippen molar-refractivity contribution in [2.75, 3.05) is 12.4 Å². The van der Waals surface area contributed by atoms with Gasteiger partial charge < -0.3 is 15.2 Å². The van der Waals surface area contributed by atoms with Gasteiger partial charge in [-0.2, -0.15) is 0 Å². The van der Waals surface area contributed by atoms with Crippen LogP contribution in [0.4, 0.5) is 10.5 Å². The molecule has 3 N–H and O–H groups in total. The largest absolute Gasteiger partial charge is 0.350 e. The molecule has 176 valence electrons. The summed E-state index contributed by atoms with van der Waals surface area (Å²) in [6.07, 6.45) is 0. The summed E-state index contributed by atoms with van der Waals surface area (Å²) in [6.45, 7) is 5.83. The van der Waals surface area contributed by atoms with Crippen LogP contribution in [0.3, 0.4) is 0 Å². The highest BCUT2D eigenvalue weighted by Crippen LogP contribution is 2.17. The average Bonchev–Trinajstić information content (AvgIpc) is 2.77. The van der Waals surface area contributed by atoms with Gasteiger partial charge in [0.1, 0.15) is 10.9 Å². The number of carbonyl (C=O) groups excluding carboxylic acids is 1. The van der Waals surface area contributed by atoms with Crippen LogP contribution in [0.15, 0.2) is 56.8 Å². The second-order valence-electron chi connectivity index (χ2n) is 9.08. The number of urea groups is 1. The SMILES string of the molecule is CN(C(=O)Nc1ccc(Cn2[nH]c(=O)c3[nH]c4cc(Cl)ccc4c(=O)c3c2=O)cc1)C(C)(C)C. The van der Waals surface area contributed by atoms with Crippen LogP contribution >= 0.6 is 11.6 Å². The third-order valence-electron chi connectivity index (χ3n) is 5.74. The molecule has 10 heteroatoms. The van der Waals surface area contributed by atoms with Crippen LogP contribution in [-0.2, 0) is 6.54 Å². The summed E-state index contributed by atoms with van der Waals surface area (Å²) in [5, 5.41) is 5.79. The average molecular weight is 482 g/mol. The number of fused-ring (bicyclic) bond motifs is 2. The fraction of sp³-hybridized carbons (Fsp3) is 0.250. The molecule has 0 radical (unpaired) electrons. The van der Waals surface area contributed by atoms with Crippen molar-refractivity contribution in [1.82, 2.24) is 19.7 Å². The van der Waals surface area contributed by atoms with E-state index in [1.807, 2.05) is 20.8 Å². The van der Waals surface area contributed by atoms with E-state index in [2.05, 4.69) is 15.4 Å². The number of hydrogen-bond donors (Lipinski definition) is 3. The number of rotatable bonds is 3. The molecule has 0 aliphatic rings. The number of amides is 2. The summed E-state index contributed by atoms with van der Waals surface area (Å²) in [5.41, 5.74) is -0.507. The van der Waals surface area contributed by atoms with Gasteiger partial charge in [0.05, 0.1) is 12.1 Å². The minimum atomic E-state index is -0.614. The van der Waals surface area contributed by atoms with Gasteiger partial charge in [-0.15, -0.1) is 0 Å². The van der Waals surface area contributed by atoms with Gasteiger partial charge in [-0.25, -0.2) is 9.48 Å². The second kappa shape index (κ2) is 8.49. The van der Waals surface area contributed by atoms with Gasteiger partial charge in [0.2, 0.25) is 5.43 Å². The molecule has 0 saturated heterocycles. The highest BCUT2D eigenvalue weighted by Gasteiger charge is 2.22. The minimum Gasteiger partial charge on any atom is -0.350 e. The molecule has 0 saturated carbocycles. The zero-order valence-electron chi connectivity index (χ0n) is 19.2. The van der Waals surface area contributed by atoms with E-state index in [0.29, 0.717) is 21.8 Å². The molecule has 4 aromatic rings. The smallest absolute Gasteiger partial charge is 0.322 e. The van der Waals surface area contributed by atoms with Gasteiger partial charge >= 0.3 is 6.03 Å². The lowest BCUT2D eigenvalue weighted by Gasteiger charge is -2.31. The number of carbonyl (C=O) groups is 1. The number of pyridine rings is 1. The van der Waals surface area contributed by atoms with E-state index in [1.165, 1.54) is 12.1 Å². The Morgan fingerprint density at radius 2 is 1.76 bits per heavy atom. The monoisotopic (exact) mass is 481 g/mol. The highest BCUT2D eigenvalue weighted by atomic mass is 35.5. The Balaban J connectivity index is 1.66. The van der Waals surface area contributed by atoms with Crippen molar-refractivity contribution >= 4 is 45.1 Å². The summed E-state index contributed by atoms with van der Waals surface area (Å²) < 4.78 is 1.10. The lowest BCUT2D eigenvalue weighted by Crippen LogP contribution is -2.44. The number of anilines is 1. The van der Waals surface area contributed by atoms with Gasteiger partial charge in [0.15, 0.2) is 0 Å². The van der Waals surface area contributed by atoms with Crippen LogP contribution in [0.25, 0.3) is 21.8 Å². The minimum absolute atomic E-state index is 0.0399. The molecule has 0 spiro atoms. The molecule has 2 heterocycles. The zero-order chi connectivity index (χ0) is 24.8. The first kappa shape index (κ1) is 23.3. The molecule has 2 aromatic carbocycles. The number of nitrogens with zero attached hydrogens (tertiary/aromatic N) is 2. The third-order valence-corrected chi connectivity index (χ3v) is 5.98. The number of aromatic amines is 2. The molecule has 0 atom stereocenters. The molecule has 0 bridgehead atoms. The molecule has 0 aliphatic carbocycles. The van der Waals surface area contributed by atoms with Gasteiger partial charge in [0.25, 0.3) is 11.1 Å². The van der Waals surface area contributed by atoms with E-state index in [1.54, 1.807) is 42.3 Å². The Hall–Kier alpha value is -3.85. The zero-order valence-corrected chi connectivity index (χ0v) is 19.9. The number of aromatic nitrogens is 3. The van der Waals surface area contributed by atoms with Crippen LogP contribution in [0.5, 0.6) is 0 Å². The molecule has 4 rings (SSSR count). The molecule has 0 fully saturated rings. The van der Waals surface area contributed by atoms with Gasteiger partial charge in [-0.3, -0.25) is 19.5 Å². The maximum atomic E-state index is 13.1. The topological polar surface area (TPSA) is 120 Å². The molecule has 2 amide bonds. The van der Waals surface area contributed by atoms with Crippen molar-refractivity contribution < 1.29 is 4.79 Å². The Labute approximate surface area is 199 Å². The summed E-state index contributed by atoms with van der Waals surface area (Å²) in [6, 6.07) is 11.2. The van der Waals surface area contributed by atoms with Gasteiger partial charge in [0, 0.05) is 28.7 Å². The number of halogens is 1. The van der Waals surface area contributed by atoms with Crippen LogP contribution in [0.1, 0.15) is 26.3 Å². The Morgan fingerprint density at radius 1 is 1.09 bits per heavy atom. The molecule has 0 unspecified atom stereocenters. The molecule has 0 aliphatic heterocycles. The number of H-pyrrole nitrogens is 2. The summed E-state index contributed by atoms with van der Waals surface area (Å²) in [7, 11) is 1.71. The highest BCUT2D eigenvalue weighted by molar-refractivity contribution is 6.31. The molecular weight excluding hydrogens is 458 g/mol. The van der Waals surface area contributed by atoms with E-state index in [-0.39, 0.29) is 34.4 Å². The van der Waals surface area contributed by atoms with E-state index in [0.717, 1.165) is 4.68 Å². The predicted molar refractivity (Wildman–Crippen MR) is 134 cm³/mol. The first-order chi connectivity index (χ1) is 16.0. The fourth-order valence-corrected chi connectivity index (χ4v) is 3.67. The molecule has 9 nitrogen and oxygen atoms in total. The number of benzene rings is 2. The fourth-order valence-electron chi connectivity index (χ4n) is 3.50. The first-order valence-electron chi connectivity index (χ1n) is 10.6. The standard InChI is InChI=1S/C24H24ClN5O4/c1-24(2,3)29(4)23(34)26-15-8-5-13(6-9-15)12-30-22(33)18-19(21(32)28-30)27-17-11-14(25)7-10-16(17)20(18)31/h5-11H,12H2,1-4H3,(H,26,34)(H,27,31)(H,28,32). The van der Waals surface area contributed by atoms with E-state index >= 15 is 0 Å². The van der Waals surface area contributed by atoms with Crippen LogP contribution in [0, 0.1) is 0 Å². The van der Waals surface area contributed by atoms with Crippen molar-refractivity contribution in [3.05, 3.63) is 84.0 Å². The summed E-state index contributed by atoms with van der Waals surface area (Å²) in [4.78, 5) is 55.5. The Kier molecular flexibility index (Phi) is 5.82. The van der Waals surface area contributed by atoms with Gasteiger partial charge in [-0.1, -0.05) is 23.7 Å². The van der Waals surface area contributed by atoms with Crippen molar-refractivity contribution in [2.45, 2.75) is 32.9 Å². The molecule has 34 heavy (non-hydrogen) atoms. The lowest BCUT2D eigenvalue weighted by molar-refractivity contribution is 0.178.